The zero-order valence-corrected chi connectivity index (χ0v) is 17.6. The van der Waals surface area contributed by atoms with E-state index in [1.807, 2.05) is 6.20 Å². The Bertz CT molecular complexity index is 1120. The number of halogens is 3. The average molecular weight is 448 g/mol. The summed E-state index contributed by atoms with van der Waals surface area (Å²) < 4.78 is 51.7. The Morgan fingerprint density at radius 3 is 2.84 bits per heavy atom. The van der Waals surface area contributed by atoms with E-state index >= 15 is 0 Å². The topological polar surface area (TPSA) is 77.8 Å². The number of carbonyl (C=O) groups is 1. The van der Waals surface area contributed by atoms with E-state index in [1.54, 1.807) is 23.6 Å². The maximum Gasteiger partial charge on any atom is 0.433 e. The van der Waals surface area contributed by atoms with Gasteiger partial charge in [0.15, 0.2) is 0 Å². The van der Waals surface area contributed by atoms with Crippen molar-refractivity contribution in [1.29, 1.82) is 0 Å². The van der Waals surface area contributed by atoms with Crippen LogP contribution in [0.1, 0.15) is 48.1 Å². The van der Waals surface area contributed by atoms with E-state index in [2.05, 4.69) is 17.2 Å². The molecule has 1 amide bonds. The quantitative estimate of drug-likeness (QED) is 0.599. The van der Waals surface area contributed by atoms with Gasteiger partial charge in [0.2, 0.25) is 0 Å². The number of hydrogen-bond donors (Lipinski definition) is 1. The monoisotopic (exact) mass is 448 g/mol. The SMILES string of the molecule is CCOc1cc2nc([C@H](C)C3CCOC3)cn2cc1NC(=O)c1cccc(C(F)(F)F)n1. The number of fused-ring (bicyclic) bond motifs is 1. The molecule has 1 fully saturated rings. The molecule has 0 aliphatic carbocycles. The third-order valence-corrected chi connectivity index (χ3v) is 5.53. The highest BCUT2D eigenvalue weighted by Crippen LogP contribution is 2.33. The molecule has 0 bridgehead atoms. The first-order chi connectivity index (χ1) is 15.3. The van der Waals surface area contributed by atoms with E-state index < -0.39 is 17.8 Å². The summed E-state index contributed by atoms with van der Waals surface area (Å²) >= 11 is 0. The number of rotatable bonds is 6. The molecular formula is C22H23F3N4O3. The normalized spacial score (nSPS) is 17.5. The van der Waals surface area contributed by atoms with Gasteiger partial charge in [0.05, 0.1) is 18.9 Å². The third-order valence-electron chi connectivity index (χ3n) is 5.53. The van der Waals surface area contributed by atoms with Gasteiger partial charge in [-0.25, -0.2) is 9.97 Å². The summed E-state index contributed by atoms with van der Waals surface area (Å²) in [5.74, 6) is 0.181. The lowest BCUT2D eigenvalue weighted by molar-refractivity contribution is -0.141. The minimum atomic E-state index is -4.64. The first-order valence-electron chi connectivity index (χ1n) is 10.3. The molecule has 1 N–H and O–H groups in total. The highest BCUT2D eigenvalue weighted by atomic mass is 19.4. The Kier molecular flexibility index (Phi) is 6.05. The van der Waals surface area contributed by atoms with Crippen LogP contribution in [0.3, 0.4) is 0 Å². The Labute approximate surface area is 182 Å². The summed E-state index contributed by atoms with van der Waals surface area (Å²) in [7, 11) is 0. The number of anilines is 1. The van der Waals surface area contributed by atoms with Crippen molar-refractivity contribution in [3.63, 3.8) is 0 Å². The van der Waals surface area contributed by atoms with E-state index in [1.165, 1.54) is 6.07 Å². The number of amides is 1. The maximum absolute atomic E-state index is 12.9. The second-order valence-corrected chi connectivity index (χ2v) is 7.69. The fourth-order valence-electron chi connectivity index (χ4n) is 3.72. The molecule has 2 atom stereocenters. The predicted octanol–water partition coefficient (Wildman–Crippen LogP) is 4.54. The highest BCUT2D eigenvalue weighted by Gasteiger charge is 2.33. The molecule has 1 unspecified atom stereocenters. The van der Waals surface area contributed by atoms with Gasteiger partial charge in [-0.15, -0.1) is 0 Å². The number of nitrogens with one attached hydrogen (secondary N) is 1. The average Bonchev–Trinajstić information content (AvgIpc) is 3.43. The molecule has 32 heavy (non-hydrogen) atoms. The van der Waals surface area contributed by atoms with Gasteiger partial charge in [0, 0.05) is 31.0 Å². The van der Waals surface area contributed by atoms with Crippen LogP contribution in [0.5, 0.6) is 5.75 Å². The minimum absolute atomic E-state index is 0.195. The lowest BCUT2D eigenvalue weighted by Crippen LogP contribution is -2.17. The fraction of sp³-hybridized carbons (Fsp3) is 0.409. The number of hydrogen-bond acceptors (Lipinski definition) is 5. The van der Waals surface area contributed by atoms with Gasteiger partial charge >= 0.3 is 6.18 Å². The van der Waals surface area contributed by atoms with Gasteiger partial charge in [0.25, 0.3) is 5.91 Å². The van der Waals surface area contributed by atoms with E-state index in [-0.39, 0.29) is 11.6 Å². The zero-order valence-electron chi connectivity index (χ0n) is 17.6. The standard InChI is InChI=1S/C22H23F3N4O3/c1-3-32-18-9-20-27-16(13(2)14-7-8-31-12-14)10-29(20)11-17(18)28-21(30)15-5-4-6-19(26-15)22(23,24)25/h4-6,9-11,13-14H,3,7-8,12H2,1-2H3,(H,28,30)/t13-,14?/m1/s1. The van der Waals surface area contributed by atoms with Gasteiger partial charge < -0.3 is 19.2 Å². The molecule has 1 aliphatic heterocycles. The lowest BCUT2D eigenvalue weighted by Gasteiger charge is -2.14. The molecule has 4 rings (SSSR count). The number of aromatic nitrogens is 3. The van der Waals surface area contributed by atoms with Crippen molar-refractivity contribution >= 4 is 17.2 Å². The molecule has 3 aromatic heterocycles. The summed E-state index contributed by atoms with van der Waals surface area (Å²) in [6.07, 6.45) is -0.142. The molecule has 0 spiro atoms. The predicted molar refractivity (Wildman–Crippen MR) is 111 cm³/mol. The number of imidazole rings is 1. The van der Waals surface area contributed by atoms with Crippen LogP contribution in [0.15, 0.2) is 36.7 Å². The molecule has 0 saturated carbocycles. The van der Waals surface area contributed by atoms with E-state index in [4.69, 9.17) is 14.5 Å². The highest BCUT2D eigenvalue weighted by molar-refractivity contribution is 6.03. The van der Waals surface area contributed by atoms with Crippen molar-refractivity contribution in [2.45, 2.75) is 32.4 Å². The summed E-state index contributed by atoms with van der Waals surface area (Å²) in [6, 6.07) is 4.88. The van der Waals surface area contributed by atoms with Gasteiger partial charge in [0.1, 0.15) is 28.5 Å². The number of ether oxygens (including phenoxy) is 2. The van der Waals surface area contributed by atoms with Crippen LogP contribution in [0.25, 0.3) is 5.65 Å². The van der Waals surface area contributed by atoms with Gasteiger partial charge in [-0.1, -0.05) is 13.0 Å². The summed E-state index contributed by atoms with van der Waals surface area (Å²) in [5.41, 5.74) is 0.373. The molecule has 7 nitrogen and oxygen atoms in total. The van der Waals surface area contributed by atoms with Crippen molar-refractivity contribution in [1.82, 2.24) is 14.4 Å². The molecule has 1 saturated heterocycles. The van der Waals surface area contributed by atoms with Gasteiger partial charge in [-0.2, -0.15) is 13.2 Å². The number of pyridine rings is 2. The van der Waals surface area contributed by atoms with Crippen LogP contribution in [0.4, 0.5) is 18.9 Å². The van der Waals surface area contributed by atoms with Crippen LogP contribution in [0.2, 0.25) is 0 Å². The number of nitrogens with zero attached hydrogens (tertiary/aromatic N) is 3. The largest absolute Gasteiger partial charge is 0.491 e. The summed E-state index contributed by atoms with van der Waals surface area (Å²) in [5, 5.41) is 2.61. The molecule has 170 valence electrons. The van der Waals surface area contributed by atoms with Crippen molar-refractivity contribution in [3.8, 4) is 5.75 Å². The third kappa shape index (κ3) is 4.55. The number of carbonyl (C=O) groups excluding carboxylic acids is 1. The van der Waals surface area contributed by atoms with E-state index in [0.29, 0.717) is 36.2 Å². The minimum Gasteiger partial charge on any atom is -0.491 e. The Morgan fingerprint density at radius 2 is 2.16 bits per heavy atom. The molecule has 0 aromatic carbocycles. The second-order valence-electron chi connectivity index (χ2n) is 7.69. The van der Waals surface area contributed by atoms with Crippen LogP contribution in [0, 0.1) is 5.92 Å². The van der Waals surface area contributed by atoms with Crippen molar-refractivity contribution in [2.24, 2.45) is 5.92 Å². The van der Waals surface area contributed by atoms with Crippen LogP contribution in [-0.4, -0.2) is 40.1 Å². The zero-order chi connectivity index (χ0) is 22.9. The smallest absolute Gasteiger partial charge is 0.433 e. The van der Waals surface area contributed by atoms with Crippen molar-refractivity contribution < 1.29 is 27.4 Å². The fourth-order valence-corrected chi connectivity index (χ4v) is 3.72. The van der Waals surface area contributed by atoms with Crippen LogP contribution < -0.4 is 10.1 Å². The van der Waals surface area contributed by atoms with E-state index in [0.717, 1.165) is 30.9 Å². The van der Waals surface area contributed by atoms with Crippen molar-refractivity contribution in [2.75, 3.05) is 25.1 Å². The van der Waals surface area contributed by atoms with Gasteiger partial charge in [-0.3, -0.25) is 4.79 Å². The van der Waals surface area contributed by atoms with E-state index in [9.17, 15) is 18.0 Å². The Balaban J connectivity index is 1.63. The van der Waals surface area contributed by atoms with Crippen molar-refractivity contribution in [3.05, 3.63) is 53.7 Å². The Hall–Kier alpha value is -3.14. The van der Waals surface area contributed by atoms with Gasteiger partial charge in [-0.05, 0) is 31.4 Å². The lowest BCUT2D eigenvalue weighted by atomic mass is 9.91. The maximum atomic E-state index is 12.9. The van der Waals surface area contributed by atoms with Crippen LogP contribution in [-0.2, 0) is 10.9 Å². The Morgan fingerprint density at radius 1 is 1.34 bits per heavy atom. The molecule has 0 radical (unpaired) electrons. The first kappa shape index (κ1) is 22.1. The second kappa shape index (κ2) is 8.78. The molecule has 10 heteroatoms. The molecule has 3 aromatic rings. The summed E-state index contributed by atoms with van der Waals surface area (Å²) in [4.78, 5) is 20.8. The first-order valence-corrected chi connectivity index (χ1v) is 10.3. The summed E-state index contributed by atoms with van der Waals surface area (Å²) in [6.45, 7) is 5.68. The molecular weight excluding hydrogens is 425 g/mol. The van der Waals surface area contributed by atoms with Crippen LogP contribution >= 0.6 is 0 Å². The number of alkyl halides is 3. The molecule has 1 aliphatic rings. The molecule has 4 heterocycles.